The number of ketones is 1. The summed E-state index contributed by atoms with van der Waals surface area (Å²) in [6.07, 6.45) is -1.23. The highest BCUT2D eigenvalue weighted by atomic mass is 16.3. The Kier molecular flexibility index (Phi) is 3.37. The van der Waals surface area contributed by atoms with Gasteiger partial charge >= 0.3 is 0 Å². The molecule has 0 aromatic heterocycles. The highest BCUT2D eigenvalue weighted by Crippen LogP contribution is 1.89. The molecule has 0 aliphatic carbocycles. The topological polar surface area (TPSA) is 83.5 Å². The number of rotatable bonds is 3. The van der Waals surface area contributed by atoms with E-state index in [1.54, 1.807) is 0 Å². The van der Waals surface area contributed by atoms with Crippen molar-refractivity contribution < 1.29 is 15.0 Å². The minimum absolute atomic E-state index is 0.374. The molecule has 0 aliphatic rings. The van der Waals surface area contributed by atoms with E-state index in [0.717, 1.165) is 0 Å². The maximum atomic E-state index is 10.3. The SMILES string of the molecule is CC(=O)C(O)[C@@H](N)CO. The molecule has 0 fully saturated rings. The Bertz CT molecular complexity index is 104. The van der Waals surface area contributed by atoms with Crippen LogP contribution in [0, 0.1) is 0 Å². The third-order valence-corrected chi connectivity index (χ3v) is 1.03. The minimum atomic E-state index is -1.23. The van der Waals surface area contributed by atoms with Crippen LogP contribution in [0.2, 0.25) is 0 Å². The summed E-state index contributed by atoms with van der Waals surface area (Å²) in [6, 6.07) is -0.845. The molecule has 0 aromatic rings. The van der Waals surface area contributed by atoms with Gasteiger partial charge < -0.3 is 15.9 Å². The van der Waals surface area contributed by atoms with Crippen LogP contribution in [0.4, 0.5) is 0 Å². The number of carbonyl (C=O) groups is 1. The summed E-state index contributed by atoms with van der Waals surface area (Å²) in [4.78, 5) is 10.3. The second kappa shape index (κ2) is 3.55. The number of Topliss-reactive ketones (excluding diaryl/α,β-unsaturated/α-hetero) is 1. The lowest BCUT2D eigenvalue weighted by Crippen LogP contribution is -2.41. The predicted octanol–water partition coefficient (Wildman–Crippen LogP) is -1.74. The van der Waals surface area contributed by atoms with Gasteiger partial charge in [-0.2, -0.15) is 0 Å². The molecule has 1 unspecified atom stereocenters. The number of carbonyl (C=O) groups excluding carboxylic acids is 1. The maximum absolute atomic E-state index is 10.3. The molecule has 0 aromatic carbocycles. The molecule has 0 amide bonds. The van der Waals surface area contributed by atoms with Crippen LogP contribution in [0.25, 0.3) is 0 Å². The Labute approximate surface area is 53.3 Å². The van der Waals surface area contributed by atoms with Crippen molar-refractivity contribution in [2.45, 2.75) is 19.1 Å². The fourth-order valence-electron chi connectivity index (χ4n) is 0.401. The molecule has 0 aliphatic heterocycles. The van der Waals surface area contributed by atoms with Gasteiger partial charge in [0, 0.05) is 0 Å². The normalized spacial score (nSPS) is 16.9. The van der Waals surface area contributed by atoms with Crippen molar-refractivity contribution in [3.63, 3.8) is 0 Å². The van der Waals surface area contributed by atoms with E-state index in [1.807, 2.05) is 0 Å². The van der Waals surface area contributed by atoms with Crippen LogP contribution in [0.15, 0.2) is 0 Å². The lowest BCUT2D eigenvalue weighted by molar-refractivity contribution is -0.126. The van der Waals surface area contributed by atoms with Crippen LogP contribution in [-0.2, 0) is 4.79 Å². The van der Waals surface area contributed by atoms with E-state index in [2.05, 4.69) is 0 Å². The minimum Gasteiger partial charge on any atom is -0.395 e. The summed E-state index contributed by atoms with van der Waals surface area (Å²) in [5.41, 5.74) is 5.10. The van der Waals surface area contributed by atoms with Gasteiger partial charge in [0.2, 0.25) is 0 Å². The highest BCUT2D eigenvalue weighted by molar-refractivity contribution is 5.80. The molecule has 4 heteroatoms. The Balaban J connectivity index is 3.72. The molecule has 0 saturated carbocycles. The summed E-state index contributed by atoms with van der Waals surface area (Å²) < 4.78 is 0. The Morgan fingerprint density at radius 2 is 2.22 bits per heavy atom. The van der Waals surface area contributed by atoms with E-state index in [4.69, 9.17) is 15.9 Å². The molecule has 0 saturated heterocycles. The number of aliphatic hydroxyl groups excluding tert-OH is 2. The standard InChI is InChI=1S/C5H11NO3/c1-3(8)5(9)4(6)2-7/h4-5,7,9H,2,6H2,1H3/t4-,5?/m0/s1. The van der Waals surface area contributed by atoms with Crippen LogP contribution in [-0.4, -0.2) is 34.7 Å². The van der Waals surface area contributed by atoms with Crippen molar-refractivity contribution in [2.75, 3.05) is 6.61 Å². The quantitative estimate of drug-likeness (QED) is 0.426. The molecule has 0 bridgehead atoms. The first-order valence-corrected chi connectivity index (χ1v) is 2.64. The summed E-state index contributed by atoms with van der Waals surface area (Å²) in [5, 5.41) is 17.1. The third-order valence-electron chi connectivity index (χ3n) is 1.03. The monoisotopic (exact) mass is 133 g/mol. The van der Waals surface area contributed by atoms with Crippen molar-refractivity contribution in [1.82, 2.24) is 0 Å². The number of hydrogen-bond acceptors (Lipinski definition) is 4. The molecule has 54 valence electrons. The average molecular weight is 133 g/mol. The molecule has 9 heavy (non-hydrogen) atoms. The van der Waals surface area contributed by atoms with Crippen LogP contribution in [0.3, 0.4) is 0 Å². The maximum Gasteiger partial charge on any atom is 0.159 e. The van der Waals surface area contributed by atoms with Gasteiger partial charge in [-0.25, -0.2) is 0 Å². The van der Waals surface area contributed by atoms with Gasteiger partial charge in [0.1, 0.15) is 6.10 Å². The zero-order valence-electron chi connectivity index (χ0n) is 5.24. The molecular weight excluding hydrogens is 122 g/mol. The summed E-state index contributed by atoms with van der Waals surface area (Å²) in [5.74, 6) is -0.420. The molecule has 4 nitrogen and oxygen atoms in total. The van der Waals surface area contributed by atoms with Crippen LogP contribution >= 0.6 is 0 Å². The molecule has 0 radical (unpaired) electrons. The lowest BCUT2D eigenvalue weighted by Gasteiger charge is -2.11. The molecular formula is C5H11NO3. The Morgan fingerprint density at radius 3 is 2.33 bits per heavy atom. The Morgan fingerprint density at radius 1 is 1.78 bits per heavy atom. The van der Waals surface area contributed by atoms with Crippen LogP contribution in [0.1, 0.15) is 6.92 Å². The average Bonchev–Trinajstić information content (AvgIpc) is 1.84. The third kappa shape index (κ3) is 2.55. The van der Waals surface area contributed by atoms with Gasteiger partial charge in [0.15, 0.2) is 5.78 Å². The van der Waals surface area contributed by atoms with E-state index in [0.29, 0.717) is 0 Å². The molecule has 0 heterocycles. The number of aliphatic hydroxyl groups is 2. The van der Waals surface area contributed by atoms with Gasteiger partial charge in [-0.1, -0.05) is 0 Å². The van der Waals surface area contributed by atoms with Crippen LogP contribution < -0.4 is 5.73 Å². The number of hydrogen-bond donors (Lipinski definition) is 3. The van der Waals surface area contributed by atoms with Crippen molar-refractivity contribution in [2.24, 2.45) is 5.73 Å². The summed E-state index contributed by atoms with van der Waals surface area (Å²) >= 11 is 0. The zero-order valence-corrected chi connectivity index (χ0v) is 5.24. The molecule has 2 atom stereocenters. The second-order valence-corrected chi connectivity index (χ2v) is 1.90. The fraction of sp³-hybridized carbons (Fsp3) is 0.800. The predicted molar refractivity (Wildman–Crippen MR) is 31.7 cm³/mol. The summed E-state index contributed by atoms with van der Waals surface area (Å²) in [7, 11) is 0. The largest absolute Gasteiger partial charge is 0.395 e. The van der Waals surface area contributed by atoms with Crippen molar-refractivity contribution in [1.29, 1.82) is 0 Å². The van der Waals surface area contributed by atoms with Crippen molar-refractivity contribution >= 4 is 5.78 Å². The van der Waals surface area contributed by atoms with Crippen molar-refractivity contribution in [3.05, 3.63) is 0 Å². The van der Waals surface area contributed by atoms with E-state index in [9.17, 15) is 4.79 Å². The zero-order chi connectivity index (χ0) is 7.44. The molecule has 4 N–H and O–H groups in total. The van der Waals surface area contributed by atoms with Gasteiger partial charge in [0.05, 0.1) is 12.6 Å². The van der Waals surface area contributed by atoms with Gasteiger partial charge in [-0.15, -0.1) is 0 Å². The van der Waals surface area contributed by atoms with Crippen molar-refractivity contribution in [3.8, 4) is 0 Å². The van der Waals surface area contributed by atoms with Crippen LogP contribution in [0.5, 0.6) is 0 Å². The first-order valence-electron chi connectivity index (χ1n) is 2.64. The lowest BCUT2D eigenvalue weighted by atomic mass is 10.1. The second-order valence-electron chi connectivity index (χ2n) is 1.90. The fourth-order valence-corrected chi connectivity index (χ4v) is 0.401. The molecule has 0 spiro atoms. The van der Waals surface area contributed by atoms with Gasteiger partial charge in [-0.05, 0) is 6.92 Å². The first-order chi connectivity index (χ1) is 4.09. The smallest absolute Gasteiger partial charge is 0.159 e. The van der Waals surface area contributed by atoms with E-state index in [-0.39, 0.29) is 6.61 Å². The molecule has 0 rings (SSSR count). The summed E-state index contributed by atoms with van der Waals surface area (Å²) in [6.45, 7) is 0.848. The van der Waals surface area contributed by atoms with E-state index < -0.39 is 17.9 Å². The first kappa shape index (κ1) is 8.55. The highest BCUT2D eigenvalue weighted by Gasteiger charge is 2.17. The van der Waals surface area contributed by atoms with Gasteiger partial charge in [0.25, 0.3) is 0 Å². The Hall–Kier alpha value is -0.450. The van der Waals surface area contributed by atoms with E-state index >= 15 is 0 Å². The number of nitrogens with two attached hydrogens (primary N) is 1. The van der Waals surface area contributed by atoms with E-state index in [1.165, 1.54) is 6.92 Å². The van der Waals surface area contributed by atoms with Gasteiger partial charge in [-0.3, -0.25) is 4.79 Å².